The lowest BCUT2D eigenvalue weighted by molar-refractivity contribution is -0.113. The SMILES string of the molecule is C[C@@H]1COCCN1c1cc(-c2ccc(N3C(=O)C(=O)c4cccnc43)cc2)c2cnn(-c3ccn[nH]3)c2n1. The van der Waals surface area contributed by atoms with E-state index in [4.69, 9.17) is 9.72 Å². The molecule has 1 saturated heterocycles. The number of nitrogens with one attached hydrogen (secondary N) is 1. The topological polar surface area (TPSA) is 122 Å². The Balaban J connectivity index is 1.34. The summed E-state index contributed by atoms with van der Waals surface area (Å²) in [6.07, 6.45) is 5.04. The highest BCUT2D eigenvalue weighted by atomic mass is 16.5. The number of hydrogen-bond acceptors (Lipinski definition) is 8. The molecule has 7 rings (SSSR count). The maximum atomic E-state index is 12.8. The first-order valence-corrected chi connectivity index (χ1v) is 12.3. The maximum Gasteiger partial charge on any atom is 0.305 e. The summed E-state index contributed by atoms with van der Waals surface area (Å²) in [5.41, 5.74) is 3.45. The van der Waals surface area contributed by atoms with E-state index in [1.165, 1.54) is 4.90 Å². The average molecular weight is 507 g/mol. The summed E-state index contributed by atoms with van der Waals surface area (Å²) in [6.45, 7) is 4.10. The lowest BCUT2D eigenvalue weighted by atomic mass is 10.0. The Morgan fingerprint density at radius 3 is 2.71 bits per heavy atom. The number of ether oxygens (including phenoxy) is 1. The van der Waals surface area contributed by atoms with Crippen molar-refractivity contribution in [2.24, 2.45) is 0 Å². The Labute approximate surface area is 216 Å². The highest BCUT2D eigenvalue weighted by Crippen LogP contribution is 2.37. The van der Waals surface area contributed by atoms with Crippen molar-refractivity contribution in [3.8, 4) is 16.9 Å². The summed E-state index contributed by atoms with van der Waals surface area (Å²) in [7, 11) is 0. The van der Waals surface area contributed by atoms with Crippen molar-refractivity contribution in [3.63, 3.8) is 0 Å². The summed E-state index contributed by atoms with van der Waals surface area (Å²) in [5.74, 6) is 0.730. The van der Waals surface area contributed by atoms with Gasteiger partial charge in [0.25, 0.3) is 5.78 Å². The molecule has 1 atom stereocenters. The van der Waals surface area contributed by atoms with Crippen LogP contribution in [0.3, 0.4) is 0 Å². The number of nitrogens with zero attached hydrogens (tertiary/aromatic N) is 7. The number of carbonyl (C=O) groups is 2. The number of fused-ring (bicyclic) bond motifs is 2. The molecule has 0 aliphatic carbocycles. The standard InChI is InChI=1S/C27H22N8O3/c1-16-15-38-12-11-33(16)23-13-20(21-14-30-35(26(21)31-23)22-8-10-29-32-22)17-4-6-18(7-5-17)34-25-19(3-2-9-28-25)24(36)27(34)37/h2-10,13-14,16H,11-12,15H2,1H3,(H,29,32)/t16-/m1/s1. The smallest absolute Gasteiger partial charge is 0.305 e. The van der Waals surface area contributed by atoms with Gasteiger partial charge in [-0.05, 0) is 48.4 Å². The molecule has 1 amide bonds. The number of benzene rings is 1. The van der Waals surface area contributed by atoms with Crippen molar-refractivity contribution in [3.05, 3.63) is 72.7 Å². The first-order chi connectivity index (χ1) is 18.6. The van der Waals surface area contributed by atoms with E-state index in [0.717, 1.165) is 28.9 Å². The van der Waals surface area contributed by atoms with Crippen LogP contribution in [0, 0.1) is 0 Å². The largest absolute Gasteiger partial charge is 0.377 e. The molecule has 0 radical (unpaired) electrons. The zero-order valence-corrected chi connectivity index (χ0v) is 20.4. The molecular weight excluding hydrogens is 484 g/mol. The van der Waals surface area contributed by atoms with Gasteiger partial charge >= 0.3 is 5.91 Å². The quantitative estimate of drug-likeness (QED) is 0.369. The van der Waals surface area contributed by atoms with Crippen LogP contribution in [0.1, 0.15) is 17.3 Å². The van der Waals surface area contributed by atoms with Gasteiger partial charge in [-0.2, -0.15) is 14.9 Å². The second-order valence-electron chi connectivity index (χ2n) is 9.27. The number of aromatic nitrogens is 6. The third-order valence-electron chi connectivity index (χ3n) is 6.98. The van der Waals surface area contributed by atoms with Crippen LogP contribution in [-0.2, 0) is 9.53 Å². The molecule has 4 aromatic heterocycles. The molecule has 1 fully saturated rings. The van der Waals surface area contributed by atoms with Gasteiger partial charge in [-0.3, -0.25) is 19.6 Å². The van der Waals surface area contributed by atoms with Crippen molar-refractivity contribution >= 4 is 40.0 Å². The van der Waals surface area contributed by atoms with Gasteiger partial charge in [0.2, 0.25) is 0 Å². The highest BCUT2D eigenvalue weighted by Gasteiger charge is 2.37. The Morgan fingerprint density at radius 1 is 1.05 bits per heavy atom. The van der Waals surface area contributed by atoms with Gasteiger partial charge in [0.1, 0.15) is 5.82 Å². The predicted molar refractivity (Wildman–Crippen MR) is 140 cm³/mol. The van der Waals surface area contributed by atoms with Crippen LogP contribution in [0.15, 0.2) is 67.1 Å². The minimum atomic E-state index is -0.609. The molecule has 6 heterocycles. The third-order valence-corrected chi connectivity index (χ3v) is 6.98. The van der Waals surface area contributed by atoms with Crippen molar-refractivity contribution in [2.75, 3.05) is 29.6 Å². The number of pyridine rings is 2. The molecule has 11 heteroatoms. The number of morpholine rings is 1. The van der Waals surface area contributed by atoms with Crippen LogP contribution >= 0.6 is 0 Å². The van der Waals surface area contributed by atoms with E-state index in [9.17, 15) is 9.59 Å². The summed E-state index contributed by atoms with van der Waals surface area (Å²) in [5, 5.41) is 12.5. The Kier molecular flexibility index (Phi) is 5.05. The fourth-order valence-electron chi connectivity index (χ4n) is 5.08. The number of rotatable bonds is 4. The molecule has 1 aromatic carbocycles. The number of carbonyl (C=O) groups excluding carboxylic acids is 2. The van der Waals surface area contributed by atoms with Gasteiger partial charge in [-0.15, -0.1) is 0 Å². The molecule has 38 heavy (non-hydrogen) atoms. The van der Waals surface area contributed by atoms with Gasteiger partial charge in [0, 0.05) is 24.2 Å². The zero-order chi connectivity index (χ0) is 25.8. The second-order valence-corrected chi connectivity index (χ2v) is 9.27. The number of ketones is 1. The number of anilines is 3. The molecule has 0 bridgehead atoms. The van der Waals surface area contributed by atoms with Crippen LogP contribution in [0.2, 0.25) is 0 Å². The van der Waals surface area contributed by atoms with Gasteiger partial charge in [0.05, 0.1) is 42.9 Å². The number of hydrogen-bond donors (Lipinski definition) is 1. The van der Waals surface area contributed by atoms with Gasteiger partial charge < -0.3 is 9.64 Å². The summed E-state index contributed by atoms with van der Waals surface area (Å²) < 4.78 is 7.39. The molecule has 0 unspecified atom stereocenters. The molecule has 2 aliphatic rings. The van der Waals surface area contributed by atoms with Crippen molar-refractivity contribution in [1.82, 2.24) is 29.9 Å². The average Bonchev–Trinajstić information content (AvgIpc) is 3.68. The summed E-state index contributed by atoms with van der Waals surface area (Å²) in [6, 6.07) is 14.9. The zero-order valence-electron chi connectivity index (χ0n) is 20.4. The maximum absolute atomic E-state index is 12.8. The molecule has 1 N–H and O–H groups in total. The van der Waals surface area contributed by atoms with Crippen LogP contribution in [0.5, 0.6) is 0 Å². The Bertz CT molecular complexity index is 1690. The van der Waals surface area contributed by atoms with Gasteiger partial charge in [0.15, 0.2) is 17.3 Å². The molecule has 188 valence electrons. The van der Waals surface area contributed by atoms with Crippen molar-refractivity contribution < 1.29 is 14.3 Å². The number of amides is 1. The van der Waals surface area contributed by atoms with E-state index >= 15 is 0 Å². The van der Waals surface area contributed by atoms with E-state index in [0.29, 0.717) is 41.7 Å². The van der Waals surface area contributed by atoms with E-state index in [1.54, 1.807) is 35.4 Å². The van der Waals surface area contributed by atoms with Crippen LogP contribution in [-0.4, -0.2) is 67.4 Å². The van der Waals surface area contributed by atoms with Crippen molar-refractivity contribution in [2.45, 2.75) is 13.0 Å². The third kappa shape index (κ3) is 3.40. The monoisotopic (exact) mass is 506 g/mol. The fourth-order valence-corrected chi connectivity index (χ4v) is 5.08. The lowest BCUT2D eigenvalue weighted by Gasteiger charge is -2.34. The first kappa shape index (κ1) is 22.3. The van der Waals surface area contributed by atoms with Crippen LogP contribution in [0.25, 0.3) is 28.0 Å². The van der Waals surface area contributed by atoms with E-state index < -0.39 is 11.7 Å². The van der Waals surface area contributed by atoms with Crippen LogP contribution in [0.4, 0.5) is 17.3 Å². The lowest BCUT2D eigenvalue weighted by Crippen LogP contribution is -2.44. The molecule has 0 saturated carbocycles. The van der Waals surface area contributed by atoms with E-state index in [2.05, 4.69) is 38.2 Å². The predicted octanol–water partition coefficient (Wildman–Crippen LogP) is 3.29. The van der Waals surface area contributed by atoms with E-state index in [1.807, 2.05) is 30.3 Å². The molecule has 5 aromatic rings. The van der Waals surface area contributed by atoms with Crippen LogP contribution < -0.4 is 9.80 Å². The molecule has 11 nitrogen and oxygen atoms in total. The fraction of sp³-hybridized carbons (Fsp3) is 0.185. The Hall–Kier alpha value is -4.90. The summed E-state index contributed by atoms with van der Waals surface area (Å²) in [4.78, 5) is 38.1. The number of H-pyrrole nitrogens is 1. The normalized spacial score (nSPS) is 17.4. The first-order valence-electron chi connectivity index (χ1n) is 12.3. The molecule has 0 spiro atoms. The number of aromatic amines is 1. The van der Waals surface area contributed by atoms with Crippen molar-refractivity contribution in [1.29, 1.82) is 0 Å². The molecular formula is C27H22N8O3. The highest BCUT2D eigenvalue weighted by molar-refractivity contribution is 6.53. The minimum absolute atomic E-state index is 0.165. The number of Topliss-reactive ketones (excluding diaryl/α,β-unsaturated/α-hetero) is 1. The Morgan fingerprint density at radius 2 is 1.92 bits per heavy atom. The summed E-state index contributed by atoms with van der Waals surface area (Å²) >= 11 is 0. The van der Waals surface area contributed by atoms with Gasteiger partial charge in [-0.1, -0.05) is 12.1 Å². The van der Waals surface area contributed by atoms with E-state index in [-0.39, 0.29) is 6.04 Å². The second kappa shape index (κ2) is 8.60. The minimum Gasteiger partial charge on any atom is -0.377 e. The molecule has 2 aliphatic heterocycles. The van der Waals surface area contributed by atoms with Gasteiger partial charge in [-0.25, -0.2) is 9.97 Å².